The number of nitrogens with zero attached hydrogens (tertiary/aromatic N) is 3. The van der Waals surface area contributed by atoms with Crippen molar-refractivity contribution in [3.05, 3.63) is 24.3 Å². The summed E-state index contributed by atoms with van der Waals surface area (Å²) in [6.45, 7) is 3.18. The number of aromatic nitrogens is 2. The third-order valence-electron chi connectivity index (χ3n) is 3.12. The second kappa shape index (κ2) is 4.78. The van der Waals surface area contributed by atoms with Crippen LogP contribution in [0.2, 0.25) is 0 Å². The Hall–Kier alpha value is -1.88. The minimum Gasteiger partial charge on any atom is -0.378 e. The number of para-hydroxylation sites is 1. The summed E-state index contributed by atoms with van der Waals surface area (Å²) in [7, 11) is 1.89. The van der Waals surface area contributed by atoms with Crippen LogP contribution in [0.1, 0.15) is 0 Å². The third kappa shape index (κ3) is 1.97. The Morgan fingerprint density at radius 1 is 1.17 bits per heavy atom. The van der Waals surface area contributed by atoms with E-state index in [-0.39, 0.29) is 0 Å². The van der Waals surface area contributed by atoms with Crippen molar-refractivity contribution in [2.45, 2.75) is 0 Å². The lowest BCUT2D eigenvalue weighted by Gasteiger charge is -2.27. The summed E-state index contributed by atoms with van der Waals surface area (Å²) in [5.74, 6) is 1.66. The Bertz CT molecular complexity index is 552. The Labute approximate surface area is 106 Å². The fourth-order valence-corrected chi connectivity index (χ4v) is 2.16. The average molecular weight is 244 g/mol. The molecule has 1 N–H and O–H groups in total. The highest BCUT2D eigenvalue weighted by molar-refractivity contribution is 5.89. The van der Waals surface area contributed by atoms with Crippen LogP contribution in [0.15, 0.2) is 24.3 Å². The summed E-state index contributed by atoms with van der Waals surface area (Å²) in [5, 5.41) is 4.19. The van der Waals surface area contributed by atoms with E-state index in [0.29, 0.717) is 0 Å². The van der Waals surface area contributed by atoms with Crippen molar-refractivity contribution in [2.75, 3.05) is 43.6 Å². The van der Waals surface area contributed by atoms with E-state index < -0.39 is 0 Å². The van der Waals surface area contributed by atoms with Gasteiger partial charge in [0.15, 0.2) is 0 Å². The Morgan fingerprint density at radius 2 is 1.94 bits per heavy atom. The van der Waals surface area contributed by atoms with Crippen LogP contribution in [-0.4, -0.2) is 43.3 Å². The molecule has 1 aromatic heterocycles. The van der Waals surface area contributed by atoms with Gasteiger partial charge in [-0.2, -0.15) is 4.98 Å². The second-order valence-corrected chi connectivity index (χ2v) is 4.24. The van der Waals surface area contributed by atoms with E-state index in [1.807, 2.05) is 31.3 Å². The zero-order valence-electron chi connectivity index (χ0n) is 10.4. The van der Waals surface area contributed by atoms with Crippen LogP contribution < -0.4 is 10.2 Å². The zero-order valence-corrected chi connectivity index (χ0v) is 10.4. The van der Waals surface area contributed by atoms with Gasteiger partial charge in [0.25, 0.3) is 0 Å². The Kier molecular flexibility index (Phi) is 2.98. The van der Waals surface area contributed by atoms with Crippen LogP contribution in [0.3, 0.4) is 0 Å². The molecule has 0 aliphatic carbocycles. The fourth-order valence-electron chi connectivity index (χ4n) is 2.16. The van der Waals surface area contributed by atoms with Gasteiger partial charge in [0.2, 0.25) is 5.95 Å². The summed E-state index contributed by atoms with van der Waals surface area (Å²) >= 11 is 0. The summed E-state index contributed by atoms with van der Waals surface area (Å²) in [6, 6.07) is 8.05. The molecule has 0 bridgehead atoms. The lowest BCUT2D eigenvalue weighted by Crippen LogP contribution is -2.37. The van der Waals surface area contributed by atoms with Crippen LogP contribution in [0.5, 0.6) is 0 Å². The number of ether oxygens (including phenoxy) is 1. The molecule has 5 heteroatoms. The Balaban J connectivity index is 2.07. The van der Waals surface area contributed by atoms with Crippen LogP contribution in [0.4, 0.5) is 11.8 Å². The number of morpholine rings is 1. The molecule has 0 spiro atoms. The van der Waals surface area contributed by atoms with Gasteiger partial charge in [0.1, 0.15) is 5.82 Å². The SMILES string of the molecule is CNc1nc(N2CCOCC2)nc2ccccc12. The summed E-state index contributed by atoms with van der Waals surface area (Å²) in [4.78, 5) is 11.4. The first-order valence-electron chi connectivity index (χ1n) is 6.16. The average Bonchev–Trinajstić information content (AvgIpc) is 2.47. The third-order valence-corrected chi connectivity index (χ3v) is 3.12. The molecule has 1 aliphatic rings. The van der Waals surface area contributed by atoms with Gasteiger partial charge >= 0.3 is 0 Å². The predicted octanol–water partition coefficient (Wildman–Crippen LogP) is 1.51. The topological polar surface area (TPSA) is 50.3 Å². The molecule has 0 saturated carbocycles. The van der Waals surface area contributed by atoms with Gasteiger partial charge in [0.05, 0.1) is 18.7 Å². The highest BCUT2D eigenvalue weighted by Gasteiger charge is 2.15. The summed E-state index contributed by atoms with van der Waals surface area (Å²) in [6.07, 6.45) is 0. The number of nitrogens with one attached hydrogen (secondary N) is 1. The van der Waals surface area contributed by atoms with E-state index in [1.54, 1.807) is 0 Å². The summed E-state index contributed by atoms with van der Waals surface area (Å²) < 4.78 is 5.35. The van der Waals surface area contributed by atoms with Gasteiger partial charge < -0.3 is 15.0 Å². The maximum Gasteiger partial charge on any atom is 0.228 e. The van der Waals surface area contributed by atoms with Crippen molar-refractivity contribution in [3.63, 3.8) is 0 Å². The van der Waals surface area contributed by atoms with E-state index in [4.69, 9.17) is 4.74 Å². The van der Waals surface area contributed by atoms with Gasteiger partial charge in [-0.05, 0) is 12.1 Å². The molecule has 18 heavy (non-hydrogen) atoms. The standard InChI is InChI=1S/C13H16N4O/c1-14-12-10-4-2-3-5-11(10)15-13(16-12)17-6-8-18-9-7-17/h2-5H,6-9H2,1H3,(H,14,15,16). The first-order chi connectivity index (χ1) is 8.88. The first-order valence-corrected chi connectivity index (χ1v) is 6.16. The van der Waals surface area contributed by atoms with E-state index in [0.717, 1.165) is 49.0 Å². The smallest absolute Gasteiger partial charge is 0.228 e. The molecule has 1 aromatic carbocycles. The van der Waals surface area contributed by atoms with Crippen LogP contribution >= 0.6 is 0 Å². The van der Waals surface area contributed by atoms with Gasteiger partial charge in [-0.3, -0.25) is 0 Å². The van der Waals surface area contributed by atoms with Gasteiger partial charge in [-0.1, -0.05) is 12.1 Å². The number of anilines is 2. The van der Waals surface area contributed by atoms with Crippen molar-refractivity contribution >= 4 is 22.7 Å². The minimum atomic E-state index is 0.741. The molecular formula is C13H16N4O. The van der Waals surface area contributed by atoms with Gasteiger partial charge in [0, 0.05) is 25.5 Å². The van der Waals surface area contributed by atoms with Crippen molar-refractivity contribution < 1.29 is 4.74 Å². The van der Waals surface area contributed by atoms with Gasteiger partial charge in [-0.15, -0.1) is 0 Å². The van der Waals surface area contributed by atoms with Crippen LogP contribution in [0, 0.1) is 0 Å². The van der Waals surface area contributed by atoms with Crippen molar-refractivity contribution in [3.8, 4) is 0 Å². The van der Waals surface area contributed by atoms with Crippen molar-refractivity contribution in [1.29, 1.82) is 0 Å². The van der Waals surface area contributed by atoms with E-state index in [2.05, 4.69) is 20.2 Å². The van der Waals surface area contributed by atoms with Crippen LogP contribution in [-0.2, 0) is 4.74 Å². The molecule has 1 fully saturated rings. The first kappa shape index (κ1) is 11.2. The zero-order chi connectivity index (χ0) is 12.4. The van der Waals surface area contributed by atoms with E-state index in [9.17, 15) is 0 Å². The lowest BCUT2D eigenvalue weighted by molar-refractivity contribution is 0.122. The molecule has 1 saturated heterocycles. The molecule has 0 radical (unpaired) electrons. The normalized spacial score (nSPS) is 15.9. The monoisotopic (exact) mass is 244 g/mol. The van der Waals surface area contributed by atoms with Crippen molar-refractivity contribution in [1.82, 2.24) is 9.97 Å². The molecule has 1 aliphatic heterocycles. The molecule has 2 heterocycles. The maximum absolute atomic E-state index is 5.35. The molecular weight excluding hydrogens is 228 g/mol. The molecule has 3 rings (SSSR count). The number of rotatable bonds is 2. The Morgan fingerprint density at radius 3 is 2.72 bits per heavy atom. The molecule has 0 unspecified atom stereocenters. The number of benzene rings is 1. The molecule has 0 atom stereocenters. The fraction of sp³-hybridized carbons (Fsp3) is 0.385. The quantitative estimate of drug-likeness (QED) is 0.867. The number of hydrogen-bond donors (Lipinski definition) is 1. The van der Waals surface area contributed by atoms with E-state index >= 15 is 0 Å². The molecule has 94 valence electrons. The molecule has 0 amide bonds. The van der Waals surface area contributed by atoms with Crippen molar-refractivity contribution in [2.24, 2.45) is 0 Å². The highest BCUT2D eigenvalue weighted by Crippen LogP contribution is 2.23. The predicted molar refractivity (Wildman–Crippen MR) is 72.1 cm³/mol. The minimum absolute atomic E-state index is 0.741. The van der Waals surface area contributed by atoms with E-state index in [1.165, 1.54) is 0 Å². The lowest BCUT2D eigenvalue weighted by atomic mass is 10.2. The summed E-state index contributed by atoms with van der Waals surface area (Å²) in [5.41, 5.74) is 0.971. The maximum atomic E-state index is 5.35. The largest absolute Gasteiger partial charge is 0.378 e. The molecule has 2 aromatic rings. The number of hydrogen-bond acceptors (Lipinski definition) is 5. The highest BCUT2D eigenvalue weighted by atomic mass is 16.5. The van der Waals surface area contributed by atoms with Gasteiger partial charge in [-0.25, -0.2) is 4.98 Å². The molecule has 5 nitrogen and oxygen atoms in total. The second-order valence-electron chi connectivity index (χ2n) is 4.24. The van der Waals surface area contributed by atoms with Crippen LogP contribution in [0.25, 0.3) is 10.9 Å². The number of fused-ring (bicyclic) bond motifs is 1.